The van der Waals surface area contributed by atoms with Gasteiger partial charge in [-0.3, -0.25) is 14.5 Å². The van der Waals surface area contributed by atoms with Crippen LogP contribution in [0.25, 0.3) is 0 Å². The summed E-state index contributed by atoms with van der Waals surface area (Å²) in [5.74, 6) is 0.0954. The summed E-state index contributed by atoms with van der Waals surface area (Å²) in [6.07, 6.45) is 3.78. The van der Waals surface area contributed by atoms with Crippen molar-refractivity contribution in [1.29, 1.82) is 0 Å². The maximum absolute atomic E-state index is 13.0. The molecule has 3 heterocycles. The van der Waals surface area contributed by atoms with Gasteiger partial charge in [0.2, 0.25) is 11.8 Å². The van der Waals surface area contributed by atoms with Gasteiger partial charge in [0.15, 0.2) is 0 Å². The first-order chi connectivity index (χ1) is 14.1. The molecule has 158 valence electrons. The maximum Gasteiger partial charge on any atom is 0.228 e. The number of likely N-dealkylation sites (tertiary alicyclic amines) is 3. The number of piperidine rings is 1. The Morgan fingerprint density at radius 3 is 2.59 bits per heavy atom. The lowest BCUT2D eigenvalue weighted by molar-refractivity contribution is -0.135. The number of methoxy groups -OCH3 is 1. The van der Waals surface area contributed by atoms with Crippen molar-refractivity contribution in [3.05, 3.63) is 35.9 Å². The van der Waals surface area contributed by atoms with E-state index >= 15 is 0 Å². The van der Waals surface area contributed by atoms with Crippen molar-refractivity contribution in [2.45, 2.75) is 32.2 Å². The van der Waals surface area contributed by atoms with Crippen LogP contribution in [0.2, 0.25) is 0 Å². The third-order valence-corrected chi connectivity index (χ3v) is 7.04. The molecule has 0 aromatic heterocycles. The van der Waals surface area contributed by atoms with E-state index in [-0.39, 0.29) is 23.1 Å². The topological polar surface area (TPSA) is 53.1 Å². The summed E-state index contributed by atoms with van der Waals surface area (Å²) in [5, 5.41) is 0. The number of ether oxygens (including phenoxy) is 1. The molecular formula is C23H33N3O3. The first-order valence-corrected chi connectivity index (χ1v) is 10.9. The molecule has 0 aliphatic carbocycles. The van der Waals surface area contributed by atoms with Gasteiger partial charge in [-0.1, -0.05) is 30.3 Å². The van der Waals surface area contributed by atoms with E-state index in [2.05, 4.69) is 35.2 Å². The molecule has 3 saturated heterocycles. The highest BCUT2D eigenvalue weighted by Crippen LogP contribution is 2.41. The third-order valence-electron chi connectivity index (χ3n) is 7.04. The van der Waals surface area contributed by atoms with Crippen LogP contribution in [0.1, 0.15) is 31.2 Å². The first kappa shape index (κ1) is 20.4. The monoisotopic (exact) mass is 399 g/mol. The van der Waals surface area contributed by atoms with Crippen LogP contribution >= 0.6 is 0 Å². The maximum atomic E-state index is 13.0. The molecule has 1 atom stereocenters. The lowest BCUT2D eigenvalue weighted by Crippen LogP contribution is -2.43. The summed E-state index contributed by atoms with van der Waals surface area (Å²) in [7, 11) is 1.64. The van der Waals surface area contributed by atoms with Crippen molar-refractivity contribution in [2.75, 3.05) is 53.0 Å². The number of rotatable bonds is 6. The zero-order valence-corrected chi connectivity index (χ0v) is 17.5. The molecule has 3 aliphatic rings. The highest BCUT2D eigenvalue weighted by molar-refractivity contribution is 5.89. The van der Waals surface area contributed by atoms with E-state index in [4.69, 9.17) is 4.74 Å². The minimum absolute atomic E-state index is 0.0866. The van der Waals surface area contributed by atoms with Crippen LogP contribution in [0.15, 0.2) is 30.3 Å². The summed E-state index contributed by atoms with van der Waals surface area (Å²) in [5.41, 5.74) is 1.65. The molecule has 0 radical (unpaired) electrons. The van der Waals surface area contributed by atoms with Crippen LogP contribution in [0.5, 0.6) is 0 Å². The number of amides is 2. The minimum atomic E-state index is -0.173. The predicted molar refractivity (Wildman–Crippen MR) is 111 cm³/mol. The van der Waals surface area contributed by atoms with E-state index in [9.17, 15) is 9.59 Å². The zero-order chi connectivity index (χ0) is 20.3. The van der Waals surface area contributed by atoms with Crippen molar-refractivity contribution in [3.8, 4) is 0 Å². The van der Waals surface area contributed by atoms with Gasteiger partial charge in [-0.05, 0) is 43.3 Å². The molecule has 0 N–H and O–H groups in total. The van der Waals surface area contributed by atoms with E-state index in [1.165, 1.54) is 5.56 Å². The fourth-order valence-corrected chi connectivity index (χ4v) is 5.17. The summed E-state index contributed by atoms with van der Waals surface area (Å²) in [4.78, 5) is 31.6. The number of benzene rings is 1. The number of carbonyl (C=O) groups excluding carboxylic acids is 2. The number of hydrogen-bond acceptors (Lipinski definition) is 4. The molecule has 3 aliphatic heterocycles. The van der Waals surface area contributed by atoms with E-state index in [1.807, 2.05) is 4.90 Å². The largest absolute Gasteiger partial charge is 0.383 e. The van der Waals surface area contributed by atoms with E-state index in [0.717, 1.165) is 52.0 Å². The molecule has 2 amide bonds. The minimum Gasteiger partial charge on any atom is -0.383 e. The second kappa shape index (κ2) is 8.84. The summed E-state index contributed by atoms with van der Waals surface area (Å²) in [6, 6.07) is 10.7. The Labute approximate surface area is 173 Å². The normalized spacial score (nSPS) is 24.6. The van der Waals surface area contributed by atoms with Gasteiger partial charge < -0.3 is 14.5 Å². The standard InChI is InChI=1S/C23H33N3O3/c1-29-14-13-25-17-20(15-21(25)27)22(28)26-12-9-23(18-26)7-10-24(11-8-23)16-19-5-3-2-4-6-19/h2-6,20H,7-18H2,1H3. The Kier molecular flexibility index (Phi) is 6.20. The van der Waals surface area contributed by atoms with Gasteiger partial charge in [-0.25, -0.2) is 0 Å². The molecule has 0 bridgehead atoms. The van der Waals surface area contributed by atoms with Crippen LogP contribution < -0.4 is 0 Å². The van der Waals surface area contributed by atoms with Crippen LogP contribution in [-0.2, 0) is 20.9 Å². The van der Waals surface area contributed by atoms with Gasteiger partial charge in [0.1, 0.15) is 0 Å². The fraction of sp³-hybridized carbons (Fsp3) is 0.652. The molecule has 1 aromatic carbocycles. The molecule has 6 heteroatoms. The average Bonchev–Trinajstić information content (AvgIpc) is 3.32. The lowest BCUT2D eigenvalue weighted by Gasteiger charge is -2.39. The van der Waals surface area contributed by atoms with Crippen LogP contribution in [-0.4, -0.2) is 79.5 Å². The summed E-state index contributed by atoms with van der Waals surface area (Å²) >= 11 is 0. The predicted octanol–water partition coefficient (Wildman–Crippen LogP) is 2.00. The zero-order valence-electron chi connectivity index (χ0n) is 17.5. The van der Waals surface area contributed by atoms with E-state index in [0.29, 0.717) is 26.1 Å². The van der Waals surface area contributed by atoms with Crippen LogP contribution in [0, 0.1) is 11.3 Å². The van der Waals surface area contributed by atoms with Crippen LogP contribution in [0.4, 0.5) is 0 Å². The van der Waals surface area contributed by atoms with Gasteiger partial charge in [-0.2, -0.15) is 0 Å². The molecule has 1 aromatic rings. The van der Waals surface area contributed by atoms with Crippen molar-refractivity contribution in [3.63, 3.8) is 0 Å². The molecule has 0 saturated carbocycles. The highest BCUT2D eigenvalue weighted by atomic mass is 16.5. The summed E-state index contributed by atoms with van der Waals surface area (Å²) < 4.78 is 5.08. The Hall–Kier alpha value is -1.92. The second-order valence-corrected chi connectivity index (χ2v) is 9.01. The molecule has 3 fully saturated rings. The molecule has 4 rings (SSSR count). The number of nitrogens with zero attached hydrogens (tertiary/aromatic N) is 3. The average molecular weight is 400 g/mol. The lowest BCUT2D eigenvalue weighted by atomic mass is 9.77. The first-order valence-electron chi connectivity index (χ1n) is 10.9. The van der Waals surface area contributed by atoms with E-state index < -0.39 is 0 Å². The van der Waals surface area contributed by atoms with Crippen molar-refractivity contribution in [2.24, 2.45) is 11.3 Å². The molecule has 1 unspecified atom stereocenters. The highest BCUT2D eigenvalue weighted by Gasteiger charge is 2.44. The van der Waals surface area contributed by atoms with Gasteiger partial charge in [0.25, 0.3) is 0 Å². The number of carbonyl (C=O) groups is 2. The quantitative estimate of drug-likeness (QED) is 0.734. The molecule has 1 spiro atoms. The molecule has 6 nitrogen and oxygen atoms in total. The Morgan fingerprint density at radius 1 is 1.14 bits per heavy atom. The second-order valence-electron chi connectivity index (χ2n) is 9.01. The number of hydrogen-bond donors (Lipinski definition) is 0. The van der Waals surface area contributed by atoms with Crippen molar-refractivity contribution >= 4 is 11.8 Å². The van der Waals surface area contributed by atoms with Crippen LogP contribution in [0.3, 0.4) is 0 Å². The van der Waals surface area contributed by atoms with E-state index in [1.54, 1.807) is 12.0 Å². The van der Waals surface area contributed by atoms with Crippen molar-refractivity contribution < 1.29 is 14.3 Å². The molecule has 29 heavy (non-hydrogen) atoms. The van der Waals surface area contributed by atoms with Gasteiger partial charge in [0.05, 0.1) is 12.5 Å². The van der Waals surface area contributed by atoms with Gasteiger partial charge >= 0.3 is 0 Å². The van der Waals surface area contributed by atoms with Gasteiger partial charge in [0, 0.05) is 46.3 Å². The Bertz CT molecular complexity index is 715. The third kappa shape index (κ3) is 4.64. The Morgan fingerprint density at radius 2 is 1.86 bits per heavy atom. The smallest absolute Gasteiger partial charge is 0.228 e. The fourth-order valence-electron chi connectivity index (χ4n) is 5.17. The molecular weight excluding hydrogens is 366 g/mol. The van der Waals surface area contributed by atoms with Gasteiger partial charge in [-0.15, -0.1) is 0 Å². The van der Waals surface area contributed by atoms with Crippen molar-refractivity contribution in [1.82, 2.24) is 14.7 Å². The summed E-state index contributed by atoms with van der Waals surface area (Å²) in [6.45, 7) is 6.59. The Balaban J connectivity index is 1.27. The SMILES string of the molecule is COCCN1CC(C(=O)N2CCC3(CCN(Cc4ccccc4)CC3)C2)CC1=O.